The van der Waals surface area contributed by atoms with Gasteiger partial charge in [0.1, 0.15) is 12.3 Å². The number of carbonyl (C=O) groups is 1. The summed E-state index contributed by atoms with van der Waals surface area (Å²) in [6.45, 7) is 6.00. The van der Waals surface area contributed by atoms with Crippen LogP contribution in [0.25, 0.3) is 5.65 Å². The summed E-state index contributed by atoms with van der Waals surface area (Å²) in [7, 11) is 0. The van der Waals surface area contributed by atoms with Gasteiger partial charge in [-0.25, -0.2) is 9.78 Å². The second-order valence-electron chi connectivity index (χ2n) is 6.30. The molecule has 0 saturated carbocycles. The summed E-state index contributed by atoms with van der Waals surface area (Å²) in [5, 5.41) is 0. The van der Waals surface area contributed by atoms with Crippen molar-refractivity contribution in [1.82, 2.24) is 9.38 Å². The lowest BCUT2D eigenvalue weighted by atomic mass is 10.0. The average Bonchev–Trinajstić information content (AvgIpc) is 2.59. The third-order valence-corrected chi connectivity index (χ3v) is 4.10. The Balaban J connectivity index is 1.76. The third-order valence-electron chi connectivity index (χ3n) is 4.10. The first-order chi connectivity index (χ1) is 12.0. The summed E-state index contributed by atoms with van der Waals surface area (Å²) in [4.78, 5) is 28.8. The minimum Gasteiger partial charge on any atom is -0.456 e. The number of aromatic nitrogens is 2. The highest BCUT2D eigenvalue weighted by Gasteiger charge is 2.10. The molecule has 0 atom stereocenters. The maximum atomic E-state index is 12.2. The van der Waals surface area contributed by atoms with Crippen LogP contribution in [0.15, 0.2) is 53.3 Å². The van der Waals surface area contributed by atoms with Gasteiger partial charge in [-0.3, -0.25) is 9.20 Å². The van der Waals surface area contributed by atoms with E-state index in [1.807, 2.05) is 31.2 Å². The highest BCUT2D eigenvalue weighted by Crippen LogP contribution is 2.15. The van der Waals surface area contributed by atoms with Crippen LogP contribution in [0, 0.1) is 6.92 Å². The molecule has 0 N–H and O–H groups in total. The highest BCUT2D eigenvalue weighted by molar-refractivity contribution is 5.89. The fourth-order valence-electron chi connectivity index (χ4n) is 2.66. The van der Waals surface area contributed by atoms with Crippen LogP contribution in [0.3, 0.4) is 0 Å². The molecule has 128 valence electrons. The van der Waals surface area contributed by atoms with E-state index in [2.05, 4.69) is 18.8 Å². The summed E-state index contributed by atoms with van der Waals surface area (Å²) < 4.78 is 6.82. The molecule has 5 heteroatoms. The molecule has 5 nitrogen and oxygen atoms in total. The average molecular weight is 336 g/mol. The summed E-state index contributed by atoms with van der Waals surface area (Å²) >= 11 is 0. The van der Waals surface area contributed by atoms with Crippen LogP contribution in [-0.4, -0.2) is 15.4 Å². The Morgan fingerprint density at radius 1 is 1.16 bits per heavy atom. The van der Waals surface area contributed by atoms with Gasteiger partial charge < -0.3 is 4.74 Å². The van der Waals surface area contributed by atoms with Crippen LogP contribution in [0.1, 0.15) is 47.1 Å². The zero-order chi connectivity index (χ0) is 18.0. The van der Waals surface area contributed by atoms with Gasteiger partial charge in [-0.15, -0.1) is 0 Å². The number of benzene rings is 1. The number of carbonyl (C=O) groups excluding carboxylic acids is 1. The summed E-state index contributed by atoms with van der Waals surface area (Å²) in [6, 6.07) is 14.2. The van der Waals surface area contributed by atoms with E-state index in [0.29, 0.717) is 22.8 Å². The number of aryl methyl sites for hydroxylation is 1. The standard InChI is InChI=1S/C20H20N2O3/c1-13(2)15-7-9-16(10-8-15)20(24)25-12-17-11-19(23)22-14(3)5-4-6-18(22)21-17/h4-11,13H,12H2,1-3H3. The van der Waals surface area contributed by atoms with E-state index in [9.17, 15) is 9.59 Å². The Labute approximate surface area is 145 Å². The van der Waals surface area contributed by atoms with E-state index >= 15 is 0 Å². The molecule has 2 aromatic heterocycles. The van der Waals surface area contributed by atoms with E-state index in [1.165, 1.54) is 10.5 Å². The van der Waals surface area contributed by atoms with E-state index < -0.39 is 5.97 Å². The van der Waals surface area contributed by atoms with Crippen molar-refractivity contribution in [3.63, 3.8) is 0 Å². The molecule has 0 radical (unpaired) electrons. The van der Waals surface area contributed by atoms with E-state index in [0.717, 1.165) is 11.3 Å². The number of rotatable bonds is 4. The lowest BCUT2D eigenvalue weighted by molar-refractivity contribution is 0.0467. The van der Waals surface area contributed by atoms with Crippen LogP contribution in [-0.2, 0) is 11.3 Å². The van der Waals surface area contributed by atoms with E-state index in [-0.39, 0.29) is 12.2 Å². The smallest absolute Gasteiger partial charge is 0.338 e. The van der Waals surface area contributed by atoms with Crippen LogP contribution >= 0.6 is 0 Å². The van der Waals surface area contributed by atoms with Crippen molar-refractivity contribution in [3.05, 3.63) is 81.4 Å². The van der Waals surface area contributed by atoms with Crippen molar-refractivity contribution in [2.45, 2.75) is 33.3 Å². The topological polar surface area (TPSA) is 60.7 Å². The first-order valence-electron chi connectivity index (χ1n) is 8.21. The van der Waals surface area contributed by atoms with Gasteiger partial charge in [0.25, 0.3) is 5.56 Å². The molecule has 25 heavy (non-hydrogen) atoms. The first kappa shape index (κ1) is 16.9. The SMILES string of the molecule is Cc1cccc2nc(COC(=O)c3ccc(C(C)C)cc3)cc(=O)n12. The van der Waals surface area contributed by atoms with Gasteiger partial charge >= 0.3 is 5.97 Å². The molecule has 1 aromatic carbocycles. The third kappa shape index (κ3) is 3.60. The van der Waals surface area contributed by atoms with Crippen molar-refractivity contribution in [1.29, 1.82) is 0 Å². The fraction of sp³-hybridized carbons (Fsp3) is 0.250. The summed E-state index contributed by atoms with van der Waals surface area (Å²) in [5.41, 5.74) is 3.25. The van der Waals surface area contributed by atoms with E-state index in [4.69, 9.17) is 4.74 Å². The summed E-state index contributed by atoms with van der Waals surface area (Å²) in [6.07, 6.45) is 0. The van der Waals surface area contributed by atoms with Crippen LogP contribution in [0.2, 0.25) is 0 Å². The number of hydrogen-bond donors (Lipinski definition) is 0. The molecular weight excluding hydrogens is 316 g/mol. The molecule has 3 rings (SSSR count). The van der Waals surface area contributed by atoms with E-state index in [1.54, 1.807) is 18.2 Å². The Hall–Kier alpha value is -2.95. The zero-order valence-corrected chi connectivity index (χ0v) is 14.5. The van der Waals surface area contributed by atoms with Crippen LogP contribution in [0.4, 0.5) is 0 Å². The highest BCUT2D eigenvalue weighted by atomic mass is 16.5. The lowest BCUT2D eigenvalue weighted by Gasteiger charge is -2.09. The zero-order valence-electron chi connectivity index (χ0n) is 14.5. The van der Waals surface area contributed by atoms with Gasteiger partial charge in [-0.05, 0) is 42.7 Å². The number of nitrogens with zero attached hydrogens (tertiary/aromatic N) is 2. The Morgan fingerprint density at radius 2 is 1.88 bits per heavy atom. The summed E-state index contributed by atoms with van der Waals surface area (Å²) in [5.74, 6) is -0.0233. The Bertz CT molecular complexity index is 972. The normalized spacial score (nSPS) is 11.0. The molecule has 0 unspecified atom stereocenters. The molecule has 0 aliphatic carbocycles. The predicted molar refractivity (Wildman–Crippen MR) is 95.8 cm³/mol. The van der Waals surface area contributed by atoms with Gasteiger partial charge in [0, 0.05) is 11.8 Å². The number of fused-ring (bicyclic) bond motifs is 1. The Morgan fingerprint density at radius 3 is 2.56 bits per heavy atom. The molecule has 0 aliphatic rings. The Kier molecular flexibility index (Phi) is 4.65. The largest absolute Gasteiger partial charge is 0.456 e. The van der Waals surface area contributed by atoms with Gasteiger partial charge in [0.2, 0.25) is 0 Å². The number of pyridine rings is 1. The number of esters is 1. The molecular formula is C20H20N2O3. The monoisotopic (exact) mass is 336 g/mol. The molecule has 2 heterocycles. The number of hydrogen-bond acceptors (Lipinski definition) is 4. The van der Waals surface area contributed by atoms with Crippen LogP contribution < -0.4 is 5.56 Å². The molecule has 0 amide bonds. The van der Waals surface area contributed by atoms with Gasteiger partial charge in [0.15, 0.2) is 0 Å². The molecule has 0 spiro atoms. The van der Waals surface area contributed by atoms with Crippen molar-refractivity contribution in [3.8, 4) is 0 Å². The van der Waals surface area contributed by atoms with Gasteiger partial charge in [0.05, 0.1) is 11.3 Å². The maximum absolute atomic E-state index is 12.2. The second kappa shape index (κ2) is 6.89. The van der Waals surface area contributed by atoms with Gasteiger partial charge in [-0.1, -0.05) is 32.0 Å². The maximum Gasteiger partial charge on any atom is 0.338 e. The van der Waals surface area contributed by atoms with Crippen molar-refractivity contribution < 1.29 is 9.53 Å². The molecule has 0 fully saturated rings. The first-order valence-corrected chi connectivity index (χ1v) is 8.21. The predicted octanol–water partition coefficient (Wildman–Crippen LogP) is 3.48. The van der Waals surface area contributed by atoms with Crippen molar-refractivity contribution in [2.24, 2.45) is 0 Å². The second-order valence-corrected chi connectivity index (χ2v) is 6.30. The minimum absolute atomic E-state index is 0.0373. The molecule has 0 bridgehead atoms. The minimum atomic E-state index is -0.429. The molecule has 0 aliphatic heterocycles. The van der Waals surface area contributed by atoms with Gasteiger partial charge in [-0.2, -0.15) is 0 Å². The van der Waals surface area contributed by atoms with Crippen molar-refractivity contribution >= 4 is 11.6 Å². The fourth-order valence-corrected chi connectivity index (χ4v) is 2.66. The molecule has 0 saturated heterocycles. The van der Waals surface area contributed by atoms with Crippen molar-refractivity contribution in [2.75, 3.05) is 0 Å². The lowest BCUT2D eigenvalue weighted by Crippen LogP contribution is -2.18. The molecule has 3 aromatic rings. The number of ether oxygens (including phenoxy) is 1. The van der Waals surface area contributed by atoms with Crippen LogP contribution in [0.5, 0.6) is 0 Å². The quantitative estimate of drug-likeness (QED) is 0.684.